The predicted octanol–water partition coefficient (Wildman–Crippen LogP) is -2.50. The van der Waals surface area contributed by atoms with E-state index >= 15 is 0 Å². The number of nitrogens with zero attached hydrogens (tertiary/aromatic N) is 1. The van der Waals surface area contributed by atoms with E-state index in [9.17, 15) is 48.3 Å². The van der Waals surface area contributed by atoms with Crippen LogP contribution >= 0.6 is 11.8 Å². The van der Waals surface area contributed by atoms with Crippen molar-refractivity contribution in [2.24, 2.45) is 11.7 Å². The topological polar surface area (TPSA) is 234 Å². The number of carboxylic acids is 1. The lowest BCUT2D eigenvalue weighted by Crippen LogP contribution is -2.61. The number of nitrogens with two attached hydrogens (primary N) is 1. The number of amides is 2. The molecule has 2 aliphatic rings. The summed E-state index contributed by atoms with van der Waals surface area (Å²) < 4.78 is 35.0. The third-order valence-electron chi connectivity index (χ3n) is 6.44. The number of carboxylic acid groups (broad SMARTS) is 1. The number of hydrogen-bond donors (Lipinski definition) is 6. The van der Waals surface area contributed by atoms with Crippen LogP contribution in [0, 0.1) is 5.92 Å². The summed E-state index contributed by atoms with van der Waals surface area (Å²) in [6.45, 7) is 2.37. The molecule has 0 spiro atoms. The number of likely N-dealkylation sites (tertiary alicyclic amines) is 1. The molecule has 208 valence electrons. The molecular weight excluding hydrogens is 524 g/mol. The van der Waals surface area contributed by atoms with Gasteiger partial charge in [-0.3, -0.25) is 9.69 Å². The Hall–Kier alpha value is -1.69. The third-order valence-corrected chi connectivity index (χ3v) is 8.84. The van der Waals surface area contributed by atoms with E-state index in [-0.39, 0.29) is 12.8 Å². The number of aliphatic carboxylic acids is 1. The van der Waals surface area contributed by atoms with Crippen LogP contribution in [-0.2, 0) is 28.9 Å². The van der Waals surface area contributed by atoms with Crippen molar-refractivity contribution in [3.05, 3.63) is 0 Å². The zero-order valence-corrected chi connectivity index (χ0v) is 21.9. The van der Waals surface area contributed by atoms with Crippen LogP contribution in [0.4, 0.5) is 4.79 Å². The largest absolute Gasteiger partial charge is 0.480 e. The molecule has 2 amide bonds. The molecule has 7 unspecified atom stereocenters. The van der Waals surface area contributed by atoms with E-state index in [0.717, 1.165) is 22.9 Å². The first-order valence-corrected chi connectivity index (χ1v) is 14.3. The van der Waals surface area contributed by atoms with Gasteiger partial charge in [-0.15, -0.1) is 11.8 Å². The van der Waals surface area contributed by atoms with Gasteiger partial charge < -0.3 is 40.7 Å². The summed E-state index contributed by atoms with van der Waals surface area (Å²) in [4.78, 5) is 37.2. The molecule has 2 heterocycles. The molecule has 14 nitrogen and oxygen atoms in total. The lowest BCUT2D eigenvalue weighted by molar-refractivity contribution is -0.223. The molecule has 0 aromatic heterocycles. The second kappa shape index (κ2) is 11.4. The minimum Gasteiger partial charge on any atom is -0.480 e. The Labute approximate surface area is 212 Å². The number of aliphatic hydroxyl groups is 4. The first kappa shape index (κ1) is 30.5. The highest BCUT2D eigenvalue weighted by Crippen LogP contribution is 2.36. The van der Waals surface area contributed by atoms with Crippen LogP contribution in [0.5, 0.6) is 0 Å². The van der Waals surface area contributed by atoms with Gasteiger partial charge in [0.15, 0.2) is 9.84 Å². The summed E-state index contributed by atoms with van der Waals surface area (Å²) in [5.74, 6) is -3.91. The van der Waals surface area contributed by atoms with Gasteiger partial charge in [0, 0.05) is 18.7 Å². The van der Waals surface area contributed by atoms with Crippen molar-refractivity contribution in [1.29, 1.82) is 0 Å². The number of primary amides is 1. The molecule has 0 saturated carbocycles. The molecule has 0 aliphatic carbocycles. The van der Waals surface area contributed by atoms with Gasteiger partial charge in [0.1, 0.15) is 41.5 Å². The summed E-state index contributed by atoms with van der Waals surface area (Å²) in [7, 11) is -3.64. The molecule has 0 bridgehead atoms. The van der Waals surface area contributed by atoms with Gasteiger partial charge in [-0.25, -0.2) is 18.0 Å². The van der Waals surface area contributed by atoms with Gasteiger partial charge in [-0.05, 0) is 32.9 Å². The van der Waals surface area contributed by atoms with Crippen LogP contribution in [0.1, 0.15) is 26.7 Å². The van der Waals surface area contributed by atoms with Crippen molar-refractivity contribution in [1.82, 2.24) is 4.90 Å². The van der Waals surface area contributed by atoms with E-state index in [0.29, 0.717) is 0 Å². The van der Waals surface area contributed by atoms with Crippen molar-refractivity contribution < 1.29 is 57.8 Å². The van der Waals surface area contributed by atoms with Crippen LogP contribution in [0.2, 0.25) is 0 Å². The summed E-state index contributed by atoms with van der Waals surface area (Å²) in [6.07, 6.45) is -7.49. The predicted molar refractivity (Wildman–Crippen MR) is 125 cm³/mol. The average Bonchev–Trinajstić information content (AvgIpc) is 3.22. The fourth-order valence-corrected chi connectivity index (χ4v) is 6.13. The fraction of sp³-hybridized carbons (Fsp3) is 0.850. The number of carbonyl (C=O) groups excluding carboxylic acids is 2. The molecular formula is C20H34N2O12S2. The van der Waals surface area contributed by atoms with Crippen LogP contribution in [0.3, 0.4) is 0 Å². The maximum absolute atomic E-state index is 12.9. The highest BCUT2D eigenvalue weighted by Gasteiger charge is 2.51. The first-order chi connectivity index (χ1) is 16.4. The van der Waals surface area contributed by atoms with E-state index in [1.165, 1.54) is 13.8 Å². The molecule has 9 atom stereocenters. The van der Waals surface area contributed by atoms with Crippen molar-refractivity contribution in [3.63, 3.8) is 0 Å². The van der Waals surface area contributed by atoms with E-state index < -0.39 is 93.1 Å². The lowest BCUT2D eigenvalue weighted by Gasteiger charge is -2.45. The molecule has 2 aliphatic heterocycles. The van der Waals surface area contributed by atoms with Crippen molar-refractivity contribution in [2.45, 2.75) is 79.5 Å². The second-order valence-corrected chi connectivity index (χ2v) is 13.0. The number of thioether (sulfide) groups is 1. The summed E-state index contributed by atoms with van der Waals surface area (Å²) in [5.41, 5.74) is 2.72. The van der Waals surface area contributed by atoms with Gasteiger partial charge in [0.25, 0.3) is 0 Å². The number of ether oxygens (including phenoxy) is 2. The Morgan fingerprint density at radius 1 is 1.19 bits per heavy atom. The summed E-state index contributed by atoms with van der Waals surface area (Å²) in [6, 6.07) is -1.44. The SMILES string of the molecule is CSC1OC(C(CC(C)(C)OC(=O)N2CC(S(C)(=O)=O)CC2C(=O)O)[C@H](O)C(N)=O)C(O)[C@@H](O)C1O. The molecule has 0 radical (unpaired) electrons. The van der Waals surface area contributed by atoms with Gasteiger partial charge in [0.2, 0.25) is 5.91 Å². The highest BCUT2D eigenvalue weighted by atomic mass is 32.2. The Morgan fingerprint density at radius 3 is 2.25 bits per heavy atom. The van der Waals surface area contributed by atoms with Gasteiger partial charge in [0.05, 0.1) is 11.4 Å². The molecule has 7 N–H and O–H groups in total. The van der Waals surface area contributed by atoms with Crippen molar-refractivity contribution in [2.75, 3.05) is 19.1 Å². The maximum Gasteiger partial charge on any atom is 0.411 e. The molecule has 16 heteroatoms. The number of hydrogen-bond acceptors (Lipinski definition) is 12. The van der Waals surface area contributed by atoms with E-state index in [1.807, 2.05) is 0 Å². The number of rotatable bonds is 9. The Kier molecular flexibility index (Phi) is 9.64. The van der Waals surface area contributed by atoms with Gasteiger partial charge in [-0.1, -0.05) is 0 Å². The molecule has 0 aromatic carbocycles. The summed E-state index contributed by atoms with van der Waals surface area (Å²) >= 11 is 1.01. The Balaban J connectivity index is 2.28. The van der Waals surface area contributed by atoms with Gasteiger partial charge in [-0.2, -0.15) is 0 Å². The molecule has 36 heavy (non-hydrogen) atoms. The zero-order chi connectivity index (χ0) is 27.7. The lowest BCUT2D eigenvalue weighted by atomic mass is 9.80. The minimum absolute atomic E-state index is 0.314. The Morgan fingerprint density at radius 2 is 1.78 bits per heavy atom. The van der Waals surface area contributed by atoms with Gasteiger partial charge >= 0.3 is 12.1 Å². The molecule has 0 aromatic rings. The van der Waals surface area contributed by atoms with E-state index in [1.54, 1.807) is 6.26 Å². The molecule has 2 saturated heterocycles. The smallest absolute Gasteiger partial charge is 0.411 e. The standard InChI is InChI=1S/C20H34N2O12S2/c1-20(2,34-19(30)22-7-8(36(4,31)32)5-10(22)17(28)29)6-9(11(23)16(21)27)15-13(25)12(24)14(26)18(33-15)35-3/h8-15,18,23-26H,5-7H2,1-4H3,(H2,21,27)(H,28,29)/t8?,9?,10?,11-,12+,13?,14?,15?,18?/m0/s1. The first-order valence-electron chi connectivity index (χ1n) is 11.0. The number of aliphatic hydroxyl groups excluding tert-OH is 4. The highest BCUT2D eigenvalue weighted by molar-refractivity contribution is 7.99. The maximum atomic E-state index is 12.9. The van der Waals surface area contributed by atoms with Crippen LogP contribution in [-0.4, -0.2) is 129 Å². The quantitative estimate of drug-likeness (QED) is 0.172. The third kappa shape index (κ3) is 6.79. The molecule has 2 rings (SSSR count). The zero-order valence-electron chi connectivity index (χ0n) is 20.3. The van der Waals surface area contributed by atoms with Crippen LogP contribution in [0.25, 0.3) is 0 Å². The van der Waals surface area contributed by atoms with E-state index in [4.69, 9.17) is 15.2 Å². The Bertz CT molecular complexity index is 943. The summed E-state index contributed by atoms with van der Waals surface area (Å²) in [5, 5.41) is 49.8. The van der Waals surface area contributed by atoms with E-state index in [2.05, 4.69) is 0 Å². The fourth-order valence-electron chi connectivity index (χ4n) is 4.49. The average molecular weight is 559 g/mol. The van der Waals surface area contributed by atoms with Crippen LogP contribution in [0.15, 0.2) is 0 Å². The second-order valence-electron chi connectivity index (χ2n) is 9.71. The van der Waals surface area contributed by atoms with Crippen molar-refractivity contribution >= 4 is 39.6 Å². The minimum atomic E-state index is -3.64. The number of carbonyl (C=O) groups is 3. The normalized spacial score (nSPS) is 33.1. The van der Waals surface area contributed by atoms with Crippen molar-refractivity contribution in [3.8, 4) is 0 Å². The van der Waals surface area contributed by atoms with Crippen LogP contribution < -0.4 is 5.73 Å². The molecule has 2 fully saturated rings. The number of sulfone groups is 1. The monoisotopic (exact) mass is 558 g/mol.